The summed E-state index contributed by atoms with van der Waals surface area (Å²) in [5.74, 6) is -0.754. The summed E-state index contributed by atoms with van der Waals surface area (Å²) in [6.07, 6.45) is 1.66. The van der Waals surface area contributed by atoms with E-state index >= 15 is 0 Å². The fraction of sp³-hybridized carbons (Fsp3) is 0.0833. The van der Waals surface area contributed by atoms with Crippen molar-refractivity contribution in [3.8, 4) is 0 Å². The van der Waals surface area contributed by atoms with Gasteiger partial charge in [-0.3, -0.25) is 9.59 Å². The van der Waals surface area contributed by atoms with Crippen LogP contribution in [0.2, 0.25) is 0 Å². The molecule has 0 atom stereocenters. The minimum atomic E-state index is -0.404. The molecule has 0 unspecified atom stereocenters. The fourth-order valence-corrected chi connectivity index (χ4v) is 2.97. The molecule has 0 spiro atoms. The summed E-state index contributed by atoms with van der Waals surface area (Å²) in [4.78, 5) is 27.6. The number of benzene rings is 3. The standard InChI is InChI=1S/C24H22BrN3O2/c1-28(2)21-14-8-17(9-15-21)16-22(27-23(29)18-6-4-3-5-7-18)24(30)26-20-12-10-19(25)11-13-20/h3-16H,1-2H3,(H,26,30)(H,27,29)/b22-16-. The van der Waals surface area contributed by atoms with Crippen LogP contribution in [0.1, 0.15) is 15.9 Å². The average molecular weight is 464 g/mol. The highest BCUT2D eigenvalue weighted by molar-refractivity contribution is 9.10. The number of nitrogens with one attached hydrogen (secondary N) is 2. The molecular formula is C24H22BrN3O2. The summed E-state index contributed by atoms with van der Waals surface area (Å²) in [7, 11) is 3.92. The topological polar surface area (TPSA) is 61.4 Å². The molecule has 0 saturated carbocycles. The fourth-order valence-electron chi connectivity index (χ4n) is 2.71. The molecular weight excluding hydrogens is 442 g/mol. The Hall–Kier alpha value is -3.38. The Balaban J connectivity index is 1.87. The van der Waals surface area contributed by atoms with Crippen molar-refractivity contribution in [3.63, 3.8) is 0 Å². The first-order chi connectivity index (χ1) is 14.4. The molecule has 0 aliphatic heterocycles. The van der Waals surface area contributed by atoms with Crippen molar-refractivity contribution in [3.05, 3.63) is 100 Å². The van der Waals surface area contributed by atoms with Gasteiger partial charge < -0.3 is 15.5 Å². The first-order valence-electron chi connectivity index (χ1n) is 9.35. The van der Waals surface area contributed by atoms with Crippen LogP contribution in [0.3, 0.4) is 0 Å². The quantitative estimate of drug-likeness (QED) is 0.509. The van der Waals surface area contributed by atoms with Crippen LogP contribution in [0.5, 0.6) is 0 Å². The van der Waals surface area contributed by atoms with Gasteiger partial charge in [0.25, 0.3) is 11.8 Å². The summed E-state index contributed by atoms with van der Waals surface area (Å²) in [5, 5.41) is 5.57. The SMILES string of the molecule is CN(C)c1ccc(/C=C(\NC(=O)c2ccccc2)C(=O)Nc2ccc(Br)cc2)cc1. The van der Waals surface area contributed by atoms with Crippen molar-refractivity contribution in [2.75, 3.05) is 24.3 Å². The maximum absolute atomic E-state index is 12.9. The lowest BCUT2D eigenvalue weighted by molar-refractivity contribution is -0.113. The summed E-state index contributed by atoms with van der Waals surface area (Å²) < 4.78 is 0.912. The van der Waals surface area contributed by atoms with Gasteiger partial charge >= 0.3 is 0 Å². The number of anilines is 2. The van der Waals surface area contributed by atoms with Gasteiger partial charge in [0.2, 0.25) is 0 Å². The maximum Gasteiger partial charge on any atom is 0.272 e. The predicted molar refractivity (Wildman–Crippen MR) is 125 cm³/mol. The first kappa shape index (κ1) is 21.3. The molecule has 0 aromatic heterocycles. The zero-order chi connectivity index (χ0) is 21.5. The van der Waals surface area contributed by atoms with Crippen LogP contribution in [-0.4, -0.2) is 25.9 Å². The first-order valence-corrected chi connectivity index (χ1v) is 10.1. The van der Waals surface area contributed by atoms with Crippen LogP contribution in [-0.2, 0) is 4.79 Å². The average Bonchev–Trinajstić information content (AvgIpc) is 2.75. The molecule has 30 heavy (non-hydrogen) atoms. The highest BCUT2D eigenvalue weighted by Gasteiger charge is 2.15. The molecule has 0 aliphatic rings. The lowest BCUT2D eigenvalue weighted by atomic mass is 10.1. The van der Waals surface area contributed by atoms with Gasteiger partial charge in [0.15, 0.2) is 0 Å². The molecule has 6 heteroatoms. The molecule has 0 fully saturated rings. The number of halogens is 1. The number of hydrogen-bond acceptors (Lipinski definition) is 3. The second-order valence-electron chi connectivity index (χ2n) is 6.83. The van der Waals surface area contributed by atoms with Crippen LogP contribution < -0.4 is 15.5 Å². The molecule has 3 rings (SSSR count). The lowest BCUT2D eigenvalue weighted by Crippen LogP contribution is -2.30. The third-order valence-electron chi connectivity index (χ3n) is 4.35. The van der Waals surface area contributed by atoms with E-state index in [1.54, 1.807) is 42.5 Å². The largest absolute Gasteiger partial charge is 0.378 e. The third kappa shape index (κ3) is 5.81. The van der Waals surface area contributed by atoms with Gasteiger partial charge in [-0.05, 0) is 60.2 Å². The second kappa shape index (κ2) is 9.89. The molecule has 0 heterocycles. The van der Waals surface area contributed by atoms with E-state index in [0.29, 0.717) is 11.3 Å². The van der Waals surface area contributed by atoms with Gasteiger partial charge in [-0.1, -0.05) is 46.3 Å². The van der Waals surface area contributed by atoms with Crippen molar-refractivity contribution in [1.82, 2.24) is 5.32 Å². The molecule has 0 bridgehead atoms. The lowest BCUT2D eigenvalue weighted by Gasteiger charge is -2.13. The highest BCUT2D eigenvalue weighted by atomic mass is 79.9. The molecule has 0 aliphatic carbocycles. The van der Waals surface area contributed by atoms with Crippen molar-refractivity contribution >= 4 is 45.2 Å². The Morgan fingerprint density at radius 1 is 0.867 bits per heavy atom. The van der Waals surface area contributed by atoms with Gasteiger partial charge in [-0.15, -0.1) is 0 Å². The number of carbonyl (C=O) groups excluding carboxylic acids is 2. The number of nitrogens with zero attached hydrogens (tertiary/aromatic N) is 1. The number of hydrogen-bond donors (Lipinski definition) is 2. The Labute approximate surface area is 184 Å². The van der Waals surface area contributed by atoms with Crippen LogP contribution in [0.15, 0.2) is 89.0 Å². The summed E-state index contributed by atoms with van der Waals surface area (Å²) in [5.41, 5.74) is 3.11. The maximum atomic E-state index is 12.9. The van der Waals surface area contributed by atoms with Crippen molar-refractivity contribution in [2.45, 2.75) is 0 Å². The van der Waals surface area contributed by atoms with Gasteiger partial charge in [-0.25, -0.2) is 0 Å². The summed E-state index contributed by atoms with van der Waals surface area (Å²) in [6.45, 7) is 0. The van der Waals surface area contributed by atoms with E-state index in [4.69, 9.17) is 0 Å². The molecule has 5 nitrogen and oxygen atoms in total. The van der Waals surface area contributed by atoms with Gasteiger partial charge in [0.1, 0.15) is 5.70 Å². The Kier molecular flexibility index (Phi) is 7.03. The van der Waals surface area contributed by atoms with E-state index < -0.39 is 5.91 Å². The normalized spacial score (nSPS) is 11.0. The number of carbonyl (C=O) groups is 2. The predicted octanol–water partition coefficient (Wildman–Crippen LogP) is 4.92. The molecule has 2 N–H and O–H groups in total. The van der Waals surface area contributed by atoms with Gasteiger partial charge in [0, 0.05) is 35.5 Å². The Morgan fingerprint density at radius 2 is 1.50 bits per heavy atom. The van der Waals surface area contributed by atoms with E-state index in [9.17, 15) is 9.59 Å². The van der Waals surface area contributed by atoms with Crippen LogP contribution in [0.25, 0.3) is 6.08 Å². The number of amides is 2. The monoisotopic (exact) mass is 463 g/mol. The third-order valence-corrected chi connectivity index (χ3v) is 4.88. The van der Waals surface area contributed by atoms with Gasteiger partial charge in [-0.2, -0.15) is 0 Å². The van der Waals surface area contributed by atoms with E-state index in [1.165, 1.54) is 0 Å². The Bertz CT molecular complexity index is 1040. The highest BCUT2D eigenvalue weighted by Crippen LogP contribution is 2.17. The number of rotatable bonds is 6. The van der Waals surface area contributed by atoms with Gasteiger partial charge in [0.05, 0.1) is 0 Å². The van der Waals surface area contributed by atoms with Crippen molar-refractivity contribution in [2.24, 2.45) is 0 Å². The molecule has 3 aromatic carbocycles. The van der Waals surface area contributed by atoms with Crippen molar-refractivity contribution < 1.29 is 9.59 Å². The van der Waals surface area contributed by atoms with E-state index in [1.807, 2.05) is 61.5 Å². The van der Waals surface area contributed by atoms with Crippen molar-refractivity contribution in [1.29, 1.82) is 0 Å². The molecule has 3 aromatic rings. The molecule has 0 radical (unpaired) electrons. The Morgan fingerprint density at radius 3 is 2.10 bits per heavy atom. The molecule has 2 amide bonds. The smallest absolute Gasteiger partial charge is 0.272 e. The van der Waals surface area contributed by atoms with E-state index in [2.05, 4.69) is 26.6 Å². The molecule has 0 saturated heterocycles. The second-order valence-corrected chi connectivity index (χ2v) is 7.74. The summed E-state index contributed by atoms with van der Waals surface area (Å²) in [6, 6.07) is 23.7. The summed E-state index contributed by atoms with van der Waals surface area (Å²) >= 11 is 3.37. The zero-order valence-corrected chi connectivity index (χ0v) is 18.3. The minimum absolute atomic E-state index is 0.157. The van der Waals surface area contributed by atoms with E-state index in [-0.39, 0.29) is 11.6 Å². The minimum Gasteiger partial charge on any atom is -0.378 e. The van der Waals surface area contributed by atoms with Crippen LogP contribution >= 0.6 is 15.9 Å². The molecule has 152 valence electrons. The zero-order valence-electron chi connectivity index (χ0n) is 16.7. The van der Waals surface area contributed by atoms with Crippen LogP contribution in [0.4, 0.5) is 11.4 Å². The van der Waals surface area contributed by atoms with E-state index in [0.717, 1.165) is 15.7 Å². The van der Waals surface area contributed by atoms with Crippen LogP contribution in [0, 0.1) is 0 Å².